The number of pyridine rings is 1. The maximum absolute atomic E-state index is 14.2. The van der Waals surface area contributed by atoms with Crippen molar-refractivity contribution in [2.45, 2.75) is 76.8 Å². The molecule has 0 spiro atoms. The van der Waals surface area contributed by atoms with Gasteiger partial charge in [-0.25, -0.2) is 13.6 Å². The third-order valence-electron chi connectivity index (χ3n) is 10.3. The molecule has 6 nitrogen and oxygen atoms in total. The summed E-state index contributed by atoms with van der Waals surface area (Å²) in [7, 11) is 1.41. The first-order chi connectivity index (χ1) is 19.3. The smallest absolute Gasteiger partial charge is 0.337 e. The summed E-state index contributed by atoms with van der Waals surface area (Å²) in [6, 6.07) is 9.78. The number of halogens is 2. The molecule has 1 amide bonds. The number of nitrogens with zero attached hydrogens (tertiary/aromatic N) is 3. The summed E-state index contributed by atoms with van der Waals surface area (Å²) in [5.41, 5.74) is 3.00. The summed E-state index contributed by atoms with van der Waals surface area (Å²) in [5.74, 6) is 1.14. The van der Waals surface area contributed by atoms with Crippen molar-refractivity contribution in [3.05, 3.63) is 64.5 Å². The second kappa shape index (κ2) is 10.8. The summed E-state index contributed by atoms with van der Waals surface area (Å²) < 4.78 is 31.5. The molecule has 8 heteroatoms. The summed E-state index contributed by atoms with van der Waals surface area (Å²) in [6.07, 6.45) is 5.42. The molecular weight excluding hydrogens is 512 g/mol. The lowest BCUT2D eigenvalue weighted by molar-refractivity contribution is -0.144. The zero-order chi connectivity index (χ0) is 28.0. The van der Waals surface area contributed by atoms with Crippen LogP contribution in [0.4, 0.5) is 8.78 Å². The van der Waals surface area contributed by atoms with E-state index in [0.717, 1.165) is 62.9 Å². The Morgan fingerprint density at radius 2 is 2.02 bits per heavy atom. The number of rotatable bonds is 5. The van der Waals surface area contributed by atoms with Crippen LogP contribution in [0.25, 0.3) is 0 Å². The first-order valence-electron chi connectivity index (χ1n) is 14.8. The van der Waals surface area contributed by atoms with Crippen molar-refractivity contribution in [1.82, 2.24) is 14.8 Å². The minimum absolute atomic E-state index is 0.0690. The average Bonchev–Trinajstić information content (AvgIpc) is 3.54. The van der Waals surface area contributed by atoms with Gasteiger partial charge in [0.25, 0.3) is 6.43 Å². The normalized spacial score (nSPS) is 30.3. The van der Waals surface area contributed by atoms with Gasteiger partial charge in [-0.15, -0.1) is 0 Å². The number of carbonyl (C=O) groups is 2. The number of piperidine rings is 1. The van der Waals surface area contributed by atoms with Crippen molar-refractivity contribution in [3.63, 3.8) is 0 Å². The van der Waals surface area contributed by atoms with Gasteiger partial charge in [-0.3, -0.25) is 9.78 Å². The van der Waals surface area contributed by atoms with Crippen molar-refractivity contribution in [2.75, 3.05) is 26.7 Å². The van der Waals surface area contributed by atoms with E-state index >= 15 is 0 Å². The van der Waals surface area contributed by atoms with Gasteiger partial charge in [0, 0.05) is 49.6 Å². The van der Waals surface area contributed by atoms with Crippen LogP contribution in [-0.4, -0.2) is 59.4 Å². The van der Waals surface area contributed by atoms with Crippen molar-refractivity contribution in [1.29, 1.82) is 0 Å². The van der Waals surface area contributed by atoms with Crippen LogP contribution in [-0.2, 0) is 22.5 Å². The monoisotopic (exact) mass is 551 g/mol. The topological polar surface area (TPSA) is 62.7 Å². The lowest BCUT2D eigenvalue weighted by Crippen LogP contribution is -2.48. The largest absolute Gasteiger partial charge is 0.465 e. The van der Waals surface area contributed by atoms with Crippen LogP contribution in [0.2, 0.25) is 0 Å². The van der Waals surface area contributed by atoms with Crippen LogP contribution >= 0.6 is 0 Å². The molecule has 0 bridgehead atoms. The predicted octanol–water partition coefficient (Wildman–Crippen LogP) is 5.77. The third kappa shape index (κ3) is 4.82. The summed E-state index contributed by atoms with van der Waals surface area (Å²) in [5, 5.41) is 0. The van der Waals surface area contributed by atoms with Gasteiger partial charge in [0.05, 0.1) is 18.1 Å². The number of hydrogen-bond acceptors (Lipinski definition) is 5. The molecule has 1 aromatic heterocycles. The number of esters is 1. The number of alkyl halides is 2. The lowest BCUT2D eigenvalue weighted by atomic mass is 9.78. The Balaban J connectivity index is 1.14. The lowest BCUT2D eigenvalue weighted by Gasteiger charge is -2.41. The molecule has 5 atom stereocenters. The average molecular weight is 552 g/mol. The Labute approximate surface area is 235 Å². The minimum Gasteiger partial charge on any atom is -0.465 e. The van der Waals surface area contributed by atoms with Gasteiger partial charge in [-0.2, -0.15) is 0 Å². The van der Waals surface area contributed by atoms with Gasteiger partial charge in [-0.05, 0) is 85.7 Å². The van der Waals surface area contributed by atoms with Crippen LogP contribution in [0.15, 0.2) is 36.5 Å². The van der Waals surface area contributed by atoms with E-state index in [-0.39, 0.29) is 22.9 Å². The van der Waals surface area contributed by atoms with Crippen LogP contribution < -0.4 is 0 Å². The van der Waals surface area contributed by atoms with Crippen LogP contribution in [0.5, 0.6) is 0 Å². The molecule has 0 unspecified atom stereocenters. The molecule has 1 aromatic carbocycles. The molecule has 1 saturated heterocycles. The fourth-order valence-corrected chi connectivity index (χ4v) is 8.31. The van der Waals surface area contributed by atoms with Crippen molar-refractivity contribution in [3.8, 4) is 0 Å². The Morgan fingerprint density at radius 3 is 2.80 bits per heavy atom. The number of benzene rings is 1. The summed E-state index contributed by atoms with van der Waals surface area (Å²) >= 11 is 0. The maximum atomic E-state index is 14.2. The fourth-order valence-electron chi connectivity index (χ4n) is 8.31. The zero-order valence-corrected chi connectivity index (χ0v) is 23.5. The van der Waals surface area contributed by atoms with Gasteiger partial charge < -0.3 is 14.5 Å². The molecule has 6 rings (SSSR count). The SMILES string of the molecule is COC(=O)c1cccc([C@@H]2CCN([C@@H]3C[C@H]4CCC[C@@]4(C(=O)N4CCc5ncc(C(F)F)cc5C4)C3)C[C@H]2C)c1. The van der Waals surface area contributed by atoms with E-state index in [1.165, 1.54) is 18.9 Å². The summed E-state index contributed by atoms with van der Waals surface area (Å²) in [4.78, 5) is 35.1. The zero-order valence-electron chi connectivity index (χ0n) is 23.5. The molecule has 0 radical (unpaired) electrons. The number of hydrogen-bond donors (Lipinski definition) is 0. The number of amides is 1. The minimum atomic E-state index is -2.56. The predicted molar refractivity (Wildman–Crippen MR) is 147 cm³/mol. The molecule has 2 aromatic rings. The van der Waals surface area contributed by atoms with E-state index in [1.807, 2.05) is 17.0 Å². The van der Waals surface area contributed by atoms with Crippen molar-refractivity contribution in [2.24, 2.45) is 17.3 Å². The number of likely N-dealkylation sites (tertiary alicyclic amines) is 1. The third-order valence-corrected chi connectivity index (χ3v) is 10.3. The van der Waals surface area contributed by atoms with Crippen LogP contribution in [0.1, 0.15) is 90.5 Å². The number of aromatic nitrogens is 1. The molecule has 40 heavy (non-hydrogen) atoms. The number of carbonyl (C=O) groups excluding carboxylic acids is 2. The highest BCUT2D eigenvalue weighted by molar-refractivity contribution is 5.89. The van der Waals surface area contributed by atoms with Gasteiger partial charge in [0.1, 0.15) is 0 Å². The van der Waals surface area contributed by atoms with E-state index in [0.29, 0.717) is 48.9 Å². The van der Waals surface area contributed by atoms with E-state index in [4.69, 9.17) is 4.74 Å². The second-order valence-electron chi connectivity index (χ2n) is 12.5. The quantitative estimate of drug-likeness (QED) is 0.442. The van der Waals surface area contributed by atoms with E-state index in [9.17, 15) is 18.4 Å². The molecule has 0 N–H and O–H groups in total. The highest BCUT2D eigenvalue weighted by atomic mass is 19.3. The Kier molecular flexibility index (Phi) is 7.40. The molecule has 2 aliphatic carbocycles. The second-order valence-corrected chi connectivity index (χ2v) is 12.5. The highest BCUT2D eigenvalue weighted by Gasteiger charge is 2.57. The molecule has 2 saturated carbocycles. The van der Waals surface area contributed by atoms with E-state index < -0.39 is 6.43 Å². The van der Waals surface area contributed by atoms with Crippen molar-refractivity contribution >= 4 is 11.9 Å². The first-order valence-corrected chi connectivity index (χ1v) is 14.8. The van der Waals surface area contributed by atoms with Crippen LogP contribution in [0, 0.1) is 17.3 Å². The van der Waals surface area contributed by atoms with Gasteiger partial charge in [0.2, 0.25) is 5.91 Å². The number of fused-ring (bicyclic) bond motifs is 2. The molecule has 3 fully saturated rings. The van der Waals surface area contributed by atoms with Gasteiger partial charge in [0.15, 0.2) is 0 Å². The molecule has 3 heterocycles. The van der Waals surface area contributed by atoms with E-state index in [1.54, 1.807) is 12.1 Å². The Bertz CT molecular complexity index is 1290. The fraction of sp³-hybridized carbons (Fsp3) is 0.594. The van der Waals surface area contributed by atoms with Gasteiger partial charge in [-0.1, -0.05) is 25.5 Å². The number of methoxy groups -OCH3 is 1. The standard InChI is InChI=1S/C32H39F2N3O3/c1-20-18-36(11-8-27(20)21-5-3-6-22(13-21)30(38)40-2)26-15-25-7-4-10-32(25,16-26)31(39)37-12-9-28-24(19-37)14-23(17-35-28)29(33)34/h3,5-6,13-14,17,20,25-27,29H,4,7-12,15-16,18-19H2,1-2H3/t20-,25-,26-,27-,32-/m1/s1. The van der Waals surface area contributed by atoms with Gasteiger partial charge >= 0.3 is 5.97 Å². The van der Waals surface area contributed by atoms with Crippen LogP contribution in [0.3, 0.4) is 0 Å². The number of ether oxygens (including phenoxy) is 1. The molecule has 214 valence electrons. The summed E-state index contributed by atoms with van der Waals surface area (Å²) in [6.45, 7) is 5.25. The highest BCUT2D eigenvalue weighted by Crippen LogP contribution is 2.57. The Morgan fingerprint density at radius 1 is 1.18 bits per heavy atom. The first kappa shape index (κ1) is 27.3. The van der Waals surface area contributed by atoms with E-state index in [2.05, 4.69) is 22.9 Å². The molecule has 4 aliphatic rings. The molecular formula is C32H39F2N3O3. The molecule has 2 aliphatic heterocycles. The van der Waals surface area contributed by atoms with Crippen molar-refractivity contribution < 1.29 is 23.1 Å². The maximum Gasteiger partial charge on any atom is 0.337 e. The Hall–Kier alpha value is -2.87.